The maximum Gasteiger partial charge on any atom is 0.119 e. The fourth-order valence-electron chi connectivity index (χ4n) is 4.31. The zero-order valence-corrected chi connectivity index (χ0v) is 12.9. The average molecular weight is 281 g/mol. The monoisotopic (exact) mass is 281 g/mol. The Balaban J connectivity index is 1.67. The third kappa shape index (κ3) is 2.22. The van der Waals surface area contributed by atoms with Gasteiger partial charge < -0.3 is 9.64 Å². The van der Waals surface area contributed by atoms with E-state index in [9.17, 15) is 0 Å². The number of fused-ring (bicyclic) bond motifs is 3. The van der Waals surface area contributed by atoms with Crippen LogP contribution in [-0.4, -0.2) is 31.1 Å². The van der Waals surface area contributed by atoms with Crippen molar-refractivity contribution in [1.29, 1.82) is 0 Å². The predicted octanol–water partition coefficient (Wildman–Crippen LogP) is 4.19. The highest BCUT2D eigenvalue weighted by Crippen LogP contribution is 2.42. The first-order valence-corrected chi connectivity index (χ1v) is 8.04. The van der Waals surface area contributed by atoms with Gasteiger partial charge >= 0.3 is 0 Å². The fraction of sp³-hybridized carbons (Fsp3) is 0.474. The summed E-state index contributed by atoms with van der Waals surface area (Å²) < 4.78 is 5.36. The normalized spacial score (nSPS) is 29.0. The summed E-state index contributed by atoms with van der Waals surface area (Å²) in [5.41, 5.74) is 1.51. The largest absolute Gasteiger partial charge is 0.497 e. The van der Waals surface area contributed by atoms with Crippen molar-refractivity contribution in [3.8, 4) is 5.75 Å². The van der Waals surface area contributed by atoms with Gasteiger partial charge in [-0.25, -0.2) is 0 Å². The van der Waals surface area contributed by atoms with Crippen LogP contribution >= 0.6 is 0 Å². The van der Waals surface area contributed by atoms with Crippen LogP contribution in [0.3, 0.4) is 0 Å². The van der Waals surface area contributed by atoms with E-state index >= 15 is 0 Å². The van der Waals surface area contributed by atoms with Crippen LogP contribution in [0.5, 0.6) is 5.75 Å². The molecule has 2 heteroatoms. The molecule has 0 spiro atoms. The van der Waals surface area contributed by atoms with Crippen LogP contribution in [0.25, 0.3) is 10.8 Å². The van der Waals surface area contributed by atoms with Gasteiger partial charge in [0.25, 0.3) is 0 Å². The molecule has 2 aliphatic rings. The van der Waals surface area contributed by atoms with Gasteiger partial charge in [-0.2, -0.15) is 0 Å². The molecule has 2 fully saturated rings. The van der Waals surface area contributed by atoms with E-state index < -0.39 is 0 Å². The number of hydrogen-bond acceptors (Lipinski definition) is 2. The van der Waals surface area contributed by atoms with Crippen LogP contribution in [0, 0.1) is 0 Å². The highest BCUT2D eigenvalue weighted by atomic mass is 16.5. The Morgan fingerprint density at radius 1 is 0.952 bits per heavy atom. The number of methoxy groups -OCH3 is 1. The van der Waals surface area contributed by atoms with E-state index in [1.165, 1.54) is 42.0 Å². The summed E-state index contributed by atoms with van der Waals surface area (Å²) in [4.78, 5) is 2.61. The molecule has 2 saturated heterocycles. The zero-order chi connectivity index (χ0) is 14.4. The highest BCUT2D eigenvalue weighted by Gasteiger charge is 2.38. The lowest BCUT2D eigenvalue weighted by Crippen LogP contribution is -2.39. The SMILES string of the molecule is COc1ccc2ccc(C3C[C@H]4CC[C@@H](C3)N4C)cc2c1. The summed E-state index contributed by atoms with van der Waals surface area (Å²) in [6.07, 6.45) is 5.42. The van der Waals surface area contributed by atoms with Gasteiger partial charge in [-0.1, -0.05) is 24.3 Å². The third-order valence-electron chi connectivity index (χ3n) is 5.64. The lowest BCUT2D eigenvalue weighted by atomic mass is 9.84. The highest BCUT2D eigenvalue weighted by molar-refractivity contribution is 5.84. The fourth-order valence-corrected chi connectivity index (χ4v) is 4.31. The summed E-state index contributed by atoms with van der Waals surface area (Å²) in [5.74, 6) is 1.68. The molecule has 110 valence electrons. The molecule has 2 bridgehead atoms. The van der Waals surface area contributed by atoms with Crippen molar-refractivity contribution >= 4 is 10.8 Å². The third-order valence-corrected chi connectivity index (χ3v) is 5.64. The quantitative estimate of drug-likeness (QED) is 0.818. The molecule has 1 unspecified atom stereocenters. The van der Waals surface area contributed by atoms with Crippen LogP contribution in [0.15, 0.2) is 36.4 Å². The second kappa shape index (κ2) is 5.03. The standard InChI is InChI=1S/C19H23NO/c1-20-17-6-7-18(20)11-16(10-17)14-4-3-13-5-8-19(21-2)12-15(13)9-14/h3-5,8-9,12,16-18H,6-7,10-11H2,1-2H3/t16?,17-,18+. The molecule has 3 atom stereocenters. The summed E-state index contributed by atoms with van der Waals surface area (Å²) in [5, 5.41) is 2.61. The number of ether oxygens (including phenoxy) is 1. The molecule has 2 nitrogen and oxygen atoms in total. The Bertz CT molecular complexity index is 652. The lowest BCUT2D eigenvalue weighted by molar-refractivity contribution is 0.162. The van der Waals surface area contributed by atoms with Crippen molar-refractivity contribution in [1.82, 2.24) is 4.90 Å². The number of nitrogens with zero attached hydrogens (tertiary/aromatic N) is 1. The van der Waals surface area contributed by atoms with E-state index in [0.29, 0.717) is 0 Å². The topological polar surface area (TPSA) is 12.5 Å². The van der Waals surface area contributed by atoms with E-state index in [0.717, 1.165) is 23.8 Å². The zero-order valence-electron chi connectivity index (χ0n) is 12.9. The molecule has 0 saturated carbocycles. The van der Waals surface area contributed by atoms with Crippen molar-refractivity contribution in [2.45, 2.75) is 43.7 Å². The van der Waals surface area contributed by atoms with E-state index in [1.807, 2.05) is 6.07 Å². The van der Waals surface area contributed by atoms with Gasteiger partial charge in [-0.05, 0) is 67.1 Å². The van der Waals surface area contributed by atoms with Crippen LogP contribution in [0.4, 0.5) is 0 Å². The van der Waals surface area contributed by atoms with Crippen LogP contribution < -0.4 is 4.74 Å². The molecule has 0 amide bonds. The van der Waals surface area contributed by atoms with Crippen molar-refractivity contribution in [3.05, 3.63) is 42.0 Å². The summed E-state index contributed by atoms with van der Waals surface area (Å²) in [6.45, 7) is 0. The summed E-state index contributed by atoms with van der Waals surface area (Å²) in [6, 6.07) is 14.9. The van der Waals surface area contributed by atoms with Crippen molar-refractivity contribution in [3.63, 3.8) is 0 Å². The number of piperidine rings is 1. The van der Waals surface area contributed by atoms with Gasteiger partial charge in [0.15, 0.2) is 0 Å². The maximum atomic E-state index is 5.36. The van der Waals surface area contributed by atoms with Gasteiger partial charge in [0.2, 0.25) is 0 Å². The van der Waals surface area contributed by atoms with Gasteiger partial charge in [0, 0.05) is 12.1 Å². The van der Waals surface area contributed by atoms with Gasteiger partial charge in [-0.15, -0.1) is 0 Å². The van der Waals surface area contributed by atoms with Crippen molar-refractivity contribution in [2.24, 2.45) is 0 Å². The average Bonchev–Trinajstić information content (AvgIpc) is 2.75. The van der Waals surface area contributed by atoms with E-state index in [1.54, 1.807) is 7.11 Å². The molecule has 0 N–H and O–H groups in total. The molecule has 0 aliphatic carbocycles. The van der Waals surface area contributed by atoms with E-state index in [4.69, 9.17) is 4.74 Å². The summed E-state index contributed by atoms with van der Waals surface area (Å²) >= 11 is 0. The Morgan fingerprint density at radius 3 is 2.38 bits per heavy atom. The second-order valence-corrected chi connectivity index (χ2v) is 6.69. The Kier molecular flexibility index (Phi) is 3.15. The van der Waals surface area contributed by atoms with Gasteiger partial charge in [0.1, 0.15) is 5.75 Å². The number of hydrogen-bond donors (Lipinski definition) is 0. The molecule has 21 heavy (non-hydrogen) atoms. The minimum Gasteiger partial charge on any atom is -0.497 e. The van der Waals surface area contributed by atoms with Gasteiger partial charge in [-0.3, -0.25) is 0 Å². The van der Waals surface area contributed by atoms with Crippen LogP contribution in [0.2, 0.25) is 0 Å². The maximum absolute atomic E-state index is 5.36. The Morgan fingerprint density at radius 2 is 1.67 bits per heavy atom. The van der Waals surface area contributed by atoms with E-state index in [2.05, 4.69) is 42.3 Å². The molecule has 4 rings (SSSR count). The molecule has 2 heterocycles. The minimum atomic E-state index is 0.731. The number of benzene rings is 2. The Labute approximate surface area is 126 Å². The predicted molar refractivity (Wildman–Crippen MR) is 87.0 cm³/mol. The molecule has 0 radical (unpaired) electrons. The molecule has 2 aliphatic heterocycles. The number of rotatable bonds is 2. The molecular formula is C19H23NO. The van der Waals surface area contributed by atoms with Gasteiger partial charge in [0.05, 0.1) is 7.11 Å². The van der Waals surface area contributed by atoms with Crippen molar-refractivity contribution in [2.75, 3.05) is 14.2 Å². The first-order valence-electron chi connectivity index (χ1n) is 8.04. The van der Waals surface area contributed by atoms with Crippen molar-refractivity contribution < 1.29 is 4.74 Å². The molecule has 0 aromatic heterocycles. The van der Waals surface area contributed by atoms with E-state index in [-0.39, 0.29) is 0 Å². The van der Waals surface area contributed by atoms with Crippen LogP contribution in [0.1, 0.15) is 37.2 Å². The molecule has 2 aromatic carbocycles. The summed E-state index contributed by atoms with van der Waals surface area (Å²) in [7, 11) is 4.05. The second-order valence-electron chi connectivity index (χ2n) is 6.69. The molecule has 2 aromatic rings. The lowest BCUT2D eigenvalue weighted by Gasteiger charge is -2.36. The Hall–Kier alpha value is -1.54. The minimum absolute atomic E-state index is 0.731. The smallest absolute Gasteiger partial charge is 0.119 e. The molecular weight excluding hydrogens is 258 g/mol. The first-order chi connectivity index (χ1) is 10.2. The first kappa shape index (κ1) is 13.1. The van der Waals surface area contributed by atoms with Crippen LogP contribution in [-0.2, 0) is 0 Å².